The first kappa shape index (κ1) is 11.0. The van der Waals surface area contributed by atoms with Crippen molar-refractivity contribution in [1.29, 1.82) is 0 Å². The monoisotopic (exact) mass is 241 g/mol. The quantitative estimate of drug-likeness (QED) is 0.369. The molecule has 0 saturated carbocycles. The molecule has 0 bridgehead atoms. The largest absolute Gasteiger partial charge is 0.238 e. The lowest BCUT2D eigenvalue weighted by Crippen LogP contribution is -2.05. The van der Waals surface area contributed by atoms with Crippen molar-refractivity contribution >= 4 is 5.83 Å². The van der Waals surface area contributed by atoms with Crippen LogP contribution in [0, 0.1) is 29.4 Å². The van der Waals surface area contributed by atoms with Gasteiger partial charge in [-0.3, -0.25) is 0 Å². The fraction of sp³-hybridized carbons (Fsp3) is 0. The Hall–Kier alpha value is -1.53. The van der Waals surface area contributed by atoms with E-state index in [1.165, 1.54) is 0 Å². The molecule has 0 heterocycles. The molecule has 0 aromatic heterocycles. The third-order valence-electron chi connectivity index (χ3n) is 2.09. The first-order valence-electron chi connectivity index (χ1n) is 3.82. The smallest absolute Gasteiger partial charge is 0.226 e. The topological polar surface area (TPSA) is 0 Å². The lowest BCUT2D eigenvalue weighted by atomic mass is 10.1. The summed E-state index contributed by atoms with van der Waals surface area (Å²) >= 11 is 0. The predicted octanol–water partition coefficient (Wildman–Crippen LogP) is 3.71. The maximum atomic E-state index is 12.9. The number of halogens is 7. The van der Waals surface area contributed by atoms with Gasteiger partial charge in [0, 0.05) is 0 Å². The summed E-state index contributed by atoms with van der Waals surface area (Å²) < 4.78 is 89.5. The van der Waals surface area contributed by atoms with Crippen LogP contribution in [-0.4, -0.2) is 0 Å². The summed E-state index contributed by atoms with van der Waals surface area (Å²) in [7, 11) is 0. The van der Waals surface area contributed by atoms with E-state index in [-0.39, 0.29) is 0 Å². The van der Waals surface area contributed by atoms with Gasteiger partial charge in [0.05, 0.1) is 11.1 Å². The van der Waals surface area contributed by atoms with Crippen LogP contribution in [-0.2, 0) is 0 Å². The standard InChI is InChI=1S/C9F7/c10-3-1-2(4(11)7(3)14)6(13)9(16)8(15)5(1)12. The molecule has 2 rings (SSSR count). The average molecular weight is 241 g/mol. The zero-order valence-corrected chi connectivity index (χ0v) is 7.15. The van der Waals surface area contributed by atoms with E-state index in [1.807, 2.05) is 0 Å². The Bertz CT molecular complexity index is 517. The summed E-state index contributed by atoms with van der Waals surface area (Å²) in [6, 6.07) is 0. The predicted molar refractivity (Wildman–Crippen MR) is 38.9 cm³/mol. The van der Waals surface area contributed by atoms with Crippen LogP contribution in [0.1, 0.15) is 11.1 Å². The fourth-order valence-electron chi connectivity index (χ4n) is 1.36. The molecule has 0 unspecified atom stereocenters. The molecule has 0 atom stereocenters. The molecule has 1 aliphatic carbocycles. The first-order valence-corrected chi connectivity index (χ1v) is 3.82. The average Bonchev–Trinajstić information content (AvgIpc) is 2.48. The second-order valence-electron chi connectivity index (χ2n) is 2.95. The summed E-state index contributed by atoms with van der Waals surface area (Å²) in [5.74, 6) is -13.3. The fourth-order valence-corrected chi connectivity index (χ4v) is 1.36. The van der Waals surface area contributed by atoms with Gasteiger partial charge in [-0.2, -0.15) is 0 Å². The van der Waals surface area contributed by atoms with Crippen molar-refractivity contribution in [2.45, 2.75) is 0 Å². The molecular formula is C9F7. The lowest BCUT2D eigenvalue weighted by molar-refractivity contribution is 0.396. The van der Waals surface area contributed by atoms with Gasteiger partial charge in [0.2, 0.25) is 6.17 Å². The third-order valence-corrected chi connectivity index (χ3v) is 2.09. The highest BCUT2D eigenvalue weighted by atomic mass is 19.2. The summed E-state index contributed by atoms with van der Waals surface area (Å²) in [6.45, 7) is 0. The summed E-state index contributed by atoms with van der Waals surface area (Å²) in [6.07, 6.45) is -2.09. The number of allylic oxidation sites excluding steroid dienone is 1. The Morgan fingerprint density at radius 1 is 0.438 bits per heavy atom. The summed E-state index contributed by atoms with van der Waals surface area (Å²) in [4.78, 5) is 0. The first-order chi connectivity index (χ1) is 7.37. The molecule has 1 aromatic rings. The molecule has 0 N–H and O–H groups in total. The number of fused-ring (bicyclic) bond motifs is 1. The molecule has 85 valence electrons. The van der Waals surface area contributed by atoms with Crippen LogP contribution >= 0.6 is 0 Å². The van der Waals surface area contributed by atoms with E-state index in [0.29, 0.717) is 0 Å². The van der Waals surface area contributed by atoms with Crippen LogP contribution in [0.4, 0.5) is 30.7 Å². The van der Waals surface area contributed by atoms with Gasteiger partial charge in [-0.25, -0.2) is 30.7 Å². The highest BCUT2D eigenvalue weighted by Crippen LogP contribution is 2.46. The maximum absolute atomic E-state index is 12.9. The van der Waals surface area contributed by atoms with E-state index >= 15 is 0 Å². The van der Waals surface area contributed by atoms with Crippen molar-refractivity contribution < 1.29 is 30.7 Å². The van der Waals surface area contributed by atoms with E-state index < -0.39 is 52.2 Å². The molecule has 1 aliphatic rings. The second-order valence-corrected chi connectivity index (χ2v) is 2.95. The van der Waals surface area contributed by atoms with Crippen molar-refractivity contribution in [3.8, 4) is 0 Å². The van der Waals surface area contributed by atoms with E-state index in [0.717, 1.165) is 0 Å². The maximum Gasteiger partial charge on any atom is 0.238 e. The Balaban J connectivity index is 2.89. The van der Waals surface area contributed by atoms with Crippen LogP contribution < -0.4 is 0 Å². The number of hydrogen-bond acceptors (Lipinski definition) is 0. The molecule has 0 nitrogen and oxygen atoms in total. The molecule has 16 heavy (non-hydrogen) atoms. The molecular weight excluding hydrogens is 241 g/mol. The zero-order valence-electron chi connectivity index (χ0n) is 7.15. The van der Waals surface area contributed by atoms with Crippen LogP contribution in [0.2, 0.25) is 0 Å². The highest BCUT2D eigenvalue weighted by Gasteiger charge is 2.42. The van der Waals surface area contributed by atoms with Crippen LogP contribution in [0.15, 0.2) is 5.83 Å². The lowest BCUT2D eigenvalue weighted by Gasteiger charge is -2.06. The van der Waals surface area contributed by atoms with Gasteiger partial charge < -0.3 is 0 Å². The Labute approximate surface area is 84.0 Å². The van der Waals surface area contributed by atoms with Gasteiger partial charge in [0.15, 0.2) is 34.9 Å². The van der Waals surface area contributed by atoms with E-state index in [4.69, 9.17) is 0 Å². The van der Waals surface area contributed by atoms with E-state index in [2.05, 4.69) is 0 Å². The second kappa shape index (κ2) is 3.23. The van der Waals surface area contributed by atoms with Crippen molar-refractivity contribution in [3.63, 3.8) is 0 Å². The minimum absolute atomic E-state index is 1.58. The van der Waals surface area contributed by atoms with Gasteiger partial charge in [0.25, 0.3) is 0 Å². The van der Waals surface area contributed by atoms with Crippen molar-refractivity contribution in [1.82, 2.24) is 0 Å². The molecule has 0 amide bonds. The SMILES string of the molecule is F[C]1C(F)=C(F)c2c(F)c(F)c(F)c(F)c21. The molecule has 0 spiro atoms. The number of benzene rings is 1. The molecule has 0 fully saturated rings. The van der Waals surface area contributed by atoms with Gasteiger partial charge in [-0.05, 0) is 0 Å². The molecule has 1 radical (unpaired) electrons. The molecule has 0 saturated heterocycles. The van der Waals surface area contributed by atoms with Gasteiger partial charge >= 0.3 is 0 Å². The van der Waals surface area contributed by atoms with Crippen molar-refractivity contribution in [2.75, 3.05) is 0 Å². The van der Waals surface area contributed by atoms with Crippen LogP contribution in [0.25, 0.3) is 5.83 Å². The minimum atomic E-state index is -2.33. The molecule has 0 aliphatic heterocycles. The normalized spacial score (nSPS) is 15.9. The Kier molecular flexibility index (Phi) is 2.21. The van der Waals surface area contributed by atoms with Crippen molar-refractivity contribution in [2.24, 2.45) is 0 Å². The summed E-state index contributed by atoms with van der Waals surface area (Å²) in [5, 5.41) is 0. The molecule has 7 heteroatoms. The Morgan fingerprint density at radius 2 is 0.875 bits per heavy atom. The van der Waals surface area contributed by atoms with Gasteiger partial charge in [0.1, 0.15) is 0 Å². The highest BCUT2D eigenvalue weighted by molar-refractivity contribution is 5.77. The third kappa shape index (κ3) is 1.11. The van der Waals surface area contributed by atoms with E-state index in [1.54, 1.807) is 0 Å². The van der Waals surface area contributed by atoms with Crippen LogP contribution in [0.3, 0.4) is 0 Å². The van der Waals surface area contributed by atoms with Gasteiger partial charge in [-0.1, -0.05) is 0 Å². The zero-order chi connectivity index (χ0) is 12.2. The minimum Gasteiger partial charge on any atom is -0.226 e. The summed E-state index contributed by atoms with van der Waals surface area (Å²) in [5.41, 5.74) is -3.15. The van der Waals surface area contributed by atoms with E-state index in [9.17, 15) is 30.7 Å². The molecule has 1 aromatic carbocycles. The Morgan fingerprint density at radius 3 is 1.38 bits per heavy atom. The van der Waals surface area contributed by atoms with Crippen molar-refractivity contribution in [3.05, 3.63) is 46.4 Å². The number of rotatable bonds is 0. The van der Waals surface area contributed by atoms with Crippen LogP contribution in [0.5, 0.6) is 0 Å². The number of hydrogen-bond donors (Lipinski definition) is 0. The van der Waals surface area contributed by atoms with Gasteiger partial charge in [-0.15, -0.1) is 0 Å².